The Labute approximate surface area is 56.1 Å². The molecule has 0 aliphatic rings. The summed E-state index contributed by atoms with van der Waals surface area (Å²) in [5.41, 5.74) is 2.69. The highest BCUT2D eigenvalue weighted by atomic mass is 14.7. The van der Waals surface area contributed by atoms with E-state index in [0.29, 0.717) is 0 Å². The fraction of sp³-hybridized carbons (Fsp3) is 0.500. The van der Waals surface area contributed by atoms with Gasteiger partial charge in [0.1, 0.15) is 0 Å². The zero-order valence-electron chi connectivity index (χ0n) is 6.07. The van der Waals surface area contributed by atoms with Gasteiger partial charge in [-0.05, 0) is 25.0 Å². The smallest absolute Gasteiger partial charge is 0.0118 e. The molecule has 1 aromatic rings. The van der Waals surface area contributed by atoms with Gasteiger partial charge in [-0.2, -0.15) is 0 Å². The Balaban J connectivity index is 2.61. The molecule has 1 rings (SSSR count). The minimum Gasteiger partial charge on any atom is -0.365 e. The Morgan fingerprint density at radius 2 is 2.33 bits per heavy atom. The maximum absolute atomic E-state index is 3.15. The number of nitrogens with one attached hydrogen (secondary N) is 1. The van der Waals surface area contributed by atoms with Gasteiger partial charge in [0.05, 0.1) is 0 Å². The van der Waals surface area contributed by atoms with E-state index in [1.165, 1.54) is 24.1 Å². The summed E-state index contributed by atoms with van der Waals surface area (Å²) in [6.45, 7) is 4.28. The van der Waals surface area contributed by atoms with Crippen LogP contribution in [-0.2, 0) is 6.42 Å². The van der Waals surface area contributed by atoms with Crippen LogP contribution in [0.5, 0.6) is 0 Å². The maximum Gasteiger partial charge on any atom is 0.0118 e. The van der Waals surface area contributed by atoms with Crippen LogP contribution in [0.3, 0.4) is 0 Å². The van der Waals surface area contributed by atoms with E-state index in [1.54, 1.807) is 0 Å². The number of aryl methyl sites for hydroxylation is 2. The van der Waals surface area contributed by atoms with Crippen molar-refractivity contribution in [2.24, 2.45) is 0 Å². The van der Waals surface area contributed by atoms with E-state index in [9.17, 15) is 0 Å². The van der Waals surface area contributed by atoms with Gasteiger partial charge < -0.3 is 4.98 Å². The van der Waals surface area contributed by atoms with Gasteiger partial charge in [0, 0.05) is 11.9 Å². The molecule has 9 heavy (non-hydrogen) atoms. The van der Waals surface area contributed by atoms with Crippen molar-refractivity contribution < 1.29 is 0 Å². The van der Waals surface area contributed by atoms with Crippen LogP contribution >= 0.6 is 0 Å². The van der Waals surface area contributed by atoms with Crippen molar-refractivity contribution in [2.75, 3.05) is 0 Å². The van der Waals surface area contributed by atoms with Gasteiger partial charge in [-0.25, -0.2) is 0 Å². The van der Waals surface area contributed by atoms with E-state index in [0.717, 1.165) is 0 Å². The van der Waals surface area contributed by atoms with Crippen LogP contribution in [-0.4, -0.2) is 4.98 Å². The normalized spacial score (nSPS) is 10.0. The predicted molar refractivity (Wildman–Crippen MR) is 39.5 cm³/mol. The zero-order chi connectivity index (χ0) is 6.69. The van der Waals surface area contributed by atoms with Crippen LogP contribution in [0.15, 0.2) is 12.3 Å². The van der Waals surface area contributed by atoms with Crippen LogP contribution in [0, 0.1) is 6.92 Å². The molecule has 50 valence electrons. The quantitative estimate of drug-likeness (QED) is 0.621. The topological polar surface area (TPSA) is 15.8 Å². The highest BCUT2D eigenvalue weighted by molar-refractivity contribution is 5.15. The molecule has 0 saturated heterocycles. The van der Waals surface area contributed by atoms with Gasteiger partial charge in [0.15, 0.2) is 0 Å². The van der Waals surface area contributed by atoms with Gasteiger partial charge in [0.2, 0.25) is 0 Å². The Bertz CT molecular complexity index is 176. The van der Waals surface area contributed by atoms with Crippen LogP contribution in [0.2, 0.25) is 0 Å². The lowest BCUT2D eigenvalue weighted by Gasteiger charge is -1.86. The summed E-state index contributed by atoms with van der Waals surface area (Å²) < 4.78 is 0. The van der Waals surface area contributed by atoms with Crippen molar-refractivity contribution in [1.82, 2.24) is 4.98 Å². The summed E-state index contributed by atoms with van der Waals surface area (Å²) in [6.07, 6.45) is 4.51. The summed E-state index contributed by atoms with van der Waals surface area (Å²) in [5.74, 6) is 0. The second kappa shape index (κ2) is 2.72. The lowest BCUT2D eigenvalue weighted by molar-refractivity contribution is 0.923. The highest BCUT2D eigenvalue weighted by Crippen LogP contribution is 2.03. The Kier molecular flexibility index (Phi) is 1.93. The Hall–Kier alpha value is -0.720. The third-order valence-electron chi connectivity index (χ3n) is 1.43. The molecule has 0 aliphatic heterocycles. The largest absolute Gasteiger partial charge is 0.365 e. The van der Waals surface area contributed by atoms with Crippen LogP contribution in [0.1, 0.15) is 24.6 Å². The molecule has 0 fully saturated rings. The molecule has 1 heteroatoms. The molecule has 1 nitrogen and oxygen atoms in total. The first kappa shape index (κ1) is 6.40. The van der Waals surface area contributed by atoms with Gasteiger partial charge >= 0.3 is 0 Å². The monoisotopic (exact) mass is 123 g/mol. The molecule has 0 bridgehead atoms. The SMILES string of the molecule is CCCc1c[nH]c(C)c1. The standard InChI is InChI=1S/C8H13N/c1-3-4-8-5-7(2)9-6-8/h5-6,9H,3-4H2,1-2H3. The molecule has 1 heterocycles. The third-order valence-corrected chi connectivity index (χ3v) is 1.43. The van der Waals surface area contributed by atoms with E-state index in [2.05, 4.69) is 31.1 Å². The second-order valence-corrected chi connectivity index (χ2v) is 2.44. The van der Waals surface area contributed by atoms with Gasteiger partial charge in [-0.3, -0.25) is 0 Å². The number of hydrogen-bond donors (Lipinski definition) is 1. The summed E-state index contributed by atoms with van der Waals surface area (Å²) in [4.78, 5) is 3.15. The van der Waals surface area contributed by atoms with Crippen molar-refractivity contribution in [2.45, 2.75) is 26.7 Å². The number of aromatic amines is 1. The van der Waals surface area contributed by atoms with Crippen molar-refractivity contribution in [3.63, 3.8) is 0 Å². The maximum atomic E-state index is 3.15. The van der Waals surface area contributed by atoms with Crippen molar-refractivity contribution in [3.05, 3.63) is 23.5 Å². The summed E-state index contributed by atoms with van der Waals surface area (Å²) in [5, 5.41) is 0. The molecule has 0 atom stereocenters. The minimum absolute atomic E-state index is 1.20. The van der Waals surface area contributed by atoms with E-state index < -0.39 is 0 Å². The van der Waals surface area contributed by atoms with Gasteiger partial charge in [0.25, 0.3) is 0 Å². The number of rotatable bonds is 2. The number of hydrogen-bond acceptors (Lipinski definition) is 0. The zero-order valence-corrected chi connectivity index (χ0v) is 6.07. The molecule has 1 N–H and O–H groups in total. The van der Waals surface area contributed by atoms with E-state index in [-0.39, 0.29) is 0 Å². The molecule has 0 aromatic carbocycles. The predicted octanol–water partition coefficient (Wildman–Crippen LogP) is 2.28. The average Bonchev–Trinajstić information content (AvgIpc) is 2.17. The molecular formula is C8H13N. The first-order valence-corrected chi connectivity index (χ1v) is 3.47. The second-order valence-electron chi connectivity index (χ2n) is 2.44. The Morgan fingerprint density at radius 1 is 1.56 bits per heavy atom. The first-order valence-electron chi connectivity index (χ1n) is 3.47. The summed E-state index contributed by atoms with van der Waals surface area (Å²) in [6, 6.07) is 2.20. The number of aromatic nitrogens is 1. The summed E-state index contributed by atoms with van der Waals surface area (Å²) in [7, 11) is 0. The van der Waals surface area contributed by atoms with Crippen LogP contribution < -0.4 is 0 Å². The van der Waals surface area contributed by atoms with Crippen LogP contribution in [0.4, 0.5) is 0 Å². The minimum atomic E-state index is 1.20. The molecule has 0 unspecified atom stereocenters. The molecule has 0 saturated carbocycles. The van der Waals surface area contributed by atoms with Crippen molar-refractivity contribution >= 4 is 0 Å². The lowest BCUT2D eigenvalue weighted by atomic mass is 10.2. The van der Waals surface area contributed by atoms with E-state index >= 15 is 0 Å². The molecule has 0 aliphatic carbocycles. The third kappa shape index (κ3) is 1.60. The molecule has 0 amide bonds. The first-order chi connectivity index (χ1) is 4.33. The Morgan fingerprint density at radius 3 is 2.78 bits per heavy atom. The van der Waals surface area contributed by atoms with Crippen molar-refractivity contribution in [3.8, 4) is 0 Å². The fourth-order valence-corrected chi connectivity index (χ4v) is 1.00. The number of H-pyrrole nitrogens is 1. The van der Waals surface area contributed by atoms with Gasteiger partial charge in [-0.1, -0.05) is 13.3 Å². The van der Waals surface area contributed by atoms with Crippen molar-refractivity contribution in [1.29, 1.82) is 0 Å². The molecular weight excluding hydrogens is 110 g/mol. The molecule has 1 aromatic heterocycles. The van der Waals surface area contributed by atoms with E-state index in [1.807, 2.05) is 0 Å². The van der Waals surface area contributed by atoms with Crippen LogP contribution in [0.25, 0.3) is 0 Å². The summed E-state index contributed by atoms with van der Waals surface area (Å²) >= 11 is 0. The highest BCUT2D eigenvalue weighted by Gasteiger charge is 1.91. The molecule has 0 radical (unpaired) electrons. The average molecular weight is 123 g/mol. The van der Waals surface area contributed by atoms with Gasteiger partial charge in [-0.15, -0.1) is 0 Å². The lowest BCUT2D eigenvalue weighted by Crippen LogP contribution is -1.74. The fourth-order valence-electron chi connectivity index (χ4n) is 1.00. The molecule has 0 spiro atoms. The van der Waals surface area contributed by atoms with E-state index in [4.69, 9.17) is 0 Å².